The van der Waals surface area contributed by atoms with E-state index in [2.05, 4.69) is 46.2 Å². The van der Waals surface area contributed by atoms with Gasteiger partial charge in [-0.1, -0.05) is 42.5 Å². The zero-order valence-electron chi connectivity index (χ0n) is 23.3. The number of ether oxygens (including phenoxy) is 3. The van der Waals surface area contributed by atoms with Gasteiger partial charge in [0.05, 0.1) is 38.8 Å². The molecule has 208 valence electrons. The van der Waals surface area contributed by atoms with Crippen molar-refractivity contribution in [3.05, 3.63) is 95.1 Å². The zero-order chi connectivity index (χ0) is 28.1. The summed E-state index contributed by atoms with van der Waals surface area (Å²) in [5.41, 5.74) is 9.06. The summed E-state index contributed by atoms with van der Waals surface area (Å²) in [4.78, 5) is 12.4. The summed E-state index contributed by atoms with van der Waals surface area (Å²) in [6, 6.07) is 20.4. The minimum atomic E-state index is -0.119. The summed E-state index contributed by atoms with van der Waals surface area (Å²) in [5.74, 6) is 3.92. The summed E-state index contributed by atoms with van der Waals surface area (Å²) in [7, 11) is 5.01. The van der Waals surface area contributed by atoms with E-state index in [1.165, 1.54) is 5.56 Å². The molecule has 0 radical (unpaired) electrons. The number of hydrazone groups is 1. The molecular formula is C32H35N3O4S. The van der Waals surface area contributed by atoms with Crippen LogP contribution in [0.15, 0.2) is 77.9 Å². The van der Waals surface area contributed by atoms with Gasteiger partial charge in [-0.2, -0.15) is 5.10 Å². The first-order valence-electron chi connectivity index (χ1n) is 13.3. The molecule has 7 nitrogen and oxygen atoms in total. The Morgan fingerprint density at radius 1 is 1.02 bits per heavy atom. The van der Waals surface area contributed by atoms with E-state index in [1.807, 2.05) is 49.4 Å². The molecule has 8 heteroatoms. The van der Waals surface area contributed by atoms with E-state index in [4.69, 9.17) is 14.2 Å². The lowest BCUT2D eigenvalue weighted by atomic mass is 9.76. The van der Waals surface area contributed by atoms with Crippen molar-refractivity contribution in [2.45, 2.75) is 31.1 Å². The van der Waals surface area contributed by atoms with E-state index in [1.54, 1.807) is 33.1 Å². The summed E-state index contributed by atoms with van der Waals surface area (Å²) in [6.45, 7) is 1.93. The van der Waals surface area contributed by atoms with Crippen molar-refractivity contribution in [1.82, 2.24) is 5.43 Å². The highest BCUT2D eigenvalue weighted by Crippen LogP contribution is 2.52. The third-order valence-corrected chi connectivity index (χ3v) is 8.56. The van der Waals surface area contributed by atoms with E-state index in [0.717, 1.165) is 57.5 Å². The van der Waals surface area contributed by atoms with Crippen molar-refractivity contribution in [2.75, 3.05) is 32.4 Å². The molecule has 1 aliphatic carbocycles. The number of nitrogens with zero attached hydrogens (tertiary/aromatic N) is 1. The van der Waals surface area contributed by atoms with E-state index in [-0.39, 0.29) is 17.9 Å². The molecule has 1 aliphatic heterocycles. The van der Waals surface area contributed by atoms with Crippen LogP contribution < -0.4 is 25.0 Å². The van der Waals surface area contributed by atoms with Crippen LogP contribution in [-0.4, -0.2) is 38.7 Å². The fourth-order valence-corrected chi connectivity index (χ4v) is 6.29. The minimum Gasteiger partial charge on any atom is -0.497 e. The van der Waals surface area contributed by atoms with E-state index in [9.17, 15) is 4.79 Å². The Bertz CT molecular complexity index is 1420. The molecule has 0 fully saturated rings. The SMILES string of the molecule is COc1ccc(CSCC(=O)N/N=C(/C)c2ccc3c(c2)[C@@H]2C=CC[C@@H]2[C@H](c2cccc(OC)c2OC)N3)cc1. The zero-order valence-corrected chi connectivity index (χ0v) is 24.1. The maximum Gasteiger partial charge on any atom is 0.250 e. The molecule has 0 unspecified atom stereocenters. The monoisotopic (exact) mass is 557 g/mol. The summed E-state index contributed by atoms with van der Waals surface area (Å²) in [5, 5.41) is 8.17. The molecule has 1 heterocycles. The first-order chi connectivity index (χ1) is 19.5. The number of fused-ring (bicyclic) bond motifs is 3. The van der Waals surface area contributed by atoms with Gasteiger partial charge in [-0.3, -0.25) is 4.79 Å². The number of hydrogen-bond donors (Lipinski definition) is 2. The molecular weight excluding hydrogens is 522 g/mol. The molecule has 5 rings (SSSR count). The second-order valence-corrected chi connectivity index (χ2v) is 10.9. The number of benzene rings is 3. The molecule has 0 aromatic heterocycles. The average Bonchev–Trinajstić information content (AvgIpc) is 3.49. The fourth-order valence-electron chi connectivity index (χ4n) is 5.51. The lowest BCUT2D eigenvalue weighted by molar-refractivity contribution is -0.118. The highest BCUT2D eigenvalue weighted by Gasteiger charge is 2.39. The Morgan fingerprint density at radius 3 is 2.60 bits per heavy atom. The third kappa shape index (κ3) is 5.82. The van der Waals surface area contributed by atoms with Crippen LogP contribution in [0.25, 0.3) is 0 Å². The molecule has 3 aromatic carbocycles. The minimum absolute atomic E-state index is 0.0906. The maximum absolute atomic E-state index is 12.4. The van der Waals surface area contributed by atoms with Gasteiger partial charge in [-0.05, 0) is 66.3 Å². The summed E-state index contributed by atoms with van der Waals surface area (Å²) >= 11 is 1.55. The number of anilines is 1. The van der Waals surface area contributed by atoms with Crippen LogP contribution in [-0.2, 0) is 10.5 Å². The number of nitrogens with one attached hydrogen (secondary N) is 2. The van der Waals surface area contributed by atoms with Crippen LogP contribution >= 0.6 is 11.8 Å². The first-order valence-corrected chi connectivity index (χ1v) is 14.5. The number of hydrogen-bond acceptors (Lipinski definition) is 7. The van der Waals surface area contributed by atoms with Gasteiger partial charge in [-0.25, -0.2) is 5.43 Å². The molecule has 2 N–H and O–H groups in total. The lowest BCUT2D eigenvalue weighted by Gasteiger charge is -2.38. The predicted molar refractivity (Wildman–Crippen MR) is 162 cm³/mol. The number of amides is 1. The highest BCUT2D eigenvalue weighted by molar-refractivity contribution is 7.99. The fraction of sp³-hybridized carbons (Fsp3) is 0.312. The second kappa shape index (κ2) is 12.5. The standard InChI is InChI=1S/C32H35N3O4S/c1-20(34-35-30(36)19-40-18-21-11-14-23(37-2)15-12-21)22-13-16-28-27(17-22)24-7-5-8-25(24)31(33-28)26-9-6-10-29(38-3)32(26)39-4/h5-7,9-17,24-25,31,33H,8,18-19H2,1-4H3,(H,35,36)/b34-20-/t24-,25+,31-/m1/s1. The molecule has 0 saturated carbocycles. The van der Waals surface area contributed by atoms with Crippen LogP contribution in [0.3, 0.4) is 0 Å². The van der Waals surface area contributed by atoms with Gasteiger partial charge in [0.15, 0.2) is 11.5 Å². The number of carbonyl (C=O) groups excluding carboxylic acids is 1. The Morgan fingerprint density at radius 2 is 1.85 bits per heavy atom. The number of para-hydroxylation sites is 1. The van der Waals surface area contributed by atoms with E-state index in [0.29, 0.717) is 11.7 Å². The van der Waals surface area contributed by atoms with Crippen LogP contribution in [0.4, 0.5) is 5.69 Å². The normalized spacial score (nSPS) is 19.3. The van der Waals surface area contributed by atoms with Crippen molar-refractivity contribution < 1.29 is 19.0 Å². The highest BCUT2D eigenvalue weighted by atomic mass is 32.2. The molecule has 2 aliphatic rings. The number of carbonyl (C=O) groups is 1. The molecule has 3 atom stereocenters. The van der Waals surface area contributed by atoms with Gasteiger partial charge in [0.2, 0.25) is 5.91 Å². The van der Waals surface area contributed by atoms with Gasteiger partial charge in [0, 0.05) is 22.9 Å². The molecule has 0 bridgehead atoms. The number of allylic oxidation sites excluding steroid dienone is 2. The maximum atomic E-state index is 12.4. The van der Waals surface area contributed by atoms with Crippen LogP contribution in [0.5, 0.6) is 17.2 Å². The van der Waals surface area contributed by atoms with E-state index >= 15 is 0 Å². The smallest absolute Gasteiger partial charge is 0.250 e. The lowest BCUT2D eigenvalue weighted by Crippen LogP contribution is -2.29. The Kier molecular flexibility index (Phi) is 8.65. The Hall–Kier alpha value is -3.91. The van der Waals surface area contributed by atoms with Crippen LogP contribution in [0.1, 0.15) is 47.6 Å². The quantitative estimate of drug-likeness (QED) is 0.173. The van der Waals surface area contributed by atoms with Crippen LogP contribution in [0, 0.1) is 5.92 Å². The van der Waals surface area contributed by atoms with Gasteiger partial charge in [-0.15, -0.1) is 11.8 Å². The molecule has 1 amide bonds. The number of thioether (sulfide) groups is 1. The van der Waals surface area contributed by atoms with Gasteiger partial charge in [0.1, 0.15) is 5.75 Å². The van der Waals surface area contributed by atoms with Crippen molar-refractivity contribution in [1.29, 1.82) is 0 Å². The van der Waals surface area contributed by atoms with Crippen molar-refractivity contribution in [3.63, 3.8) is 0 Å². The Balaban J connectivity index is 1.26. The van der Waals surface area contributed by atoms with Gasteiger partial charge < -0.3 is 19.5 Å². The average molecular weight is 558 g/mol. The van der Waals surface area contributed by atoms with Crippen LogP contribution in [0.2, 0.25) is 0 Å². The topological polar surface area (TPSA) is 81.2 Å². The predicted octanol–water partition coefficient (Wildman–Crippen LogP) is 6.31. The molecule has 3 aromatic rings. The molecule has 0 spiro atoms. The second-order valence-electron chi connectivity index (χ2n) is 9.93. The Labute approximate surface area is 240 Å². The summed E-state index contributed by atoms with van der Waals surface area (Å²) in [6.07, 6.45) is 5.55. The van der Waals surface area contributed by atoms with Gasteiger partial charge >= 0.3 is 0 Å². The first kappa shape index (κ1) is 27.6. The van der Waals surface area contributed by atoms with Gasteiger partial charge in [0.25, 0.3) is 0 Å². The molecule has 0 saturated heterocycles. The largest absolute Gasteiger partial charge is 0.497 e. The number of methoxy groups -OCH3 is 3. The van der Waals surface area contributed by atoms with Crippen molar-refractivity contribution in [2.24, 2.45) is 11.0 Å². The summed E-state index contributed by atoms with van der Waals surface area (Å²) < 4.78 is 16.5. The van der Waals surface area contributed by atoms with Crippen molar-refractivity contribution >= 4 is 29.1 Å². The number of rotatable bonds is 10. The third-order valence-electron chi connectivity index (χ3n) is 7.56. The van der Waals surface area contributed by atoms with E-state index < -0.39 is 0 Å². The molecule has 40 heavy (non-hydrogen) atoms. The van der Waals surface area contributed by atoms with Crippen molar-refractivity contribution in [3.8, 4) is 17.2 Å².